The van der Waals surface area contributed by atoms with Crippen molar-refractivity contribution in [2.45, 2.75) is 19.0 Å². The van der Waals surface area contributed by atoms with Gasteiger partial charge in [0, 0.05) is 28.2 Å². The van der Waals surface area contributed by atoms with Gasteiger partial charge in [0.1, 0.15) is 17.6 Å². The van der Waals surface area contributed by atoms with Crippen molar-refractivity contribution in [1.29, 1.82) is 0 Å². The lowest BCUT2D eigenvalue weighted by Gasteiger charge is -2.28. The molecule has 3 amide bonds. The number of amides is 3. The van der Waals surface area contributed by atoms with Gasteiger partial charge >= 0.3 is 0 Å². The molecule has 4 aromatic rings. The summed E-state index contributed by atoms with van der Waals surface area (Å²) in [6, 6.07) is 16.2. The summed E-state index contributed by atoms with van der Waals surface area (Å²) in [5.74, 6) is -0.0285. The van der Waals surface area contributed by atoms with Gasteiger partial charge in [0.05, 0.1) is 36.0 Å². The average Bonchev–Trinajstić information content (AvgIpc) is 3.37. The topological polar surface area (TPSA) is 114 Å². The third-order valence-corrected chi connectivity index (χ3v) is 7.27. The summed E-state index contributed by atoms with van der Waals surface area (Å²) in [5.41, 5.74) is 1.37. The van der Waals surface area contributed by atoms with Crippen LogP contribution in [0.1, 0.15) is 30.6 Å². The van der Waals surface area contributed by atoms with Gasteiger partial charge in [-0.1, -0.05) is 17.7 Å². The van der Waals surface area contributed by atoms with E-state index in [0.29, 0.717) is 38.4 Å². The third kappa shape index (κ3) is 5.51. The minimum atomic E-state index is -0.827. The molecule has 4 heterocycles. The van der Waals surface area contributed by atoms with E-state index in [1.807, 2.05) is 12.1 Å². The van der Waals surface area contributed by atoms with Crippen LogP contribution in [0.2, 0.25) is 5.02 Å². The van der Waals surface area contributed by atoms with Crippen LogP contribution in [0.15, 0.2) is 73.1 Å². The van der Waals surface area contributed by atoms with E-state index < -0.39 is 6.04 Å². The molecule has 5 rings (SSSR count). The monoisotopic (exact) mass is 547 g/mol. The fourth-order valence-corrected chi connectivity index (χ4v) is 5.14. The molecule has 1 aliphatic heterocycles. The highest BCUT2D eigenvalue weighted by atomic mass is 35.5. The van der Waals surface area contributed by atoms with Gasteiger partial charge in [-0.05, 0) is 54.6 Å². The van der Waals surface area contributed by atoms with E-state index in [0.717, 1.165) is 4.88 Å². The first-order chi connectivity index (χ1) is 18.4. The Hall–Kier alpha value is -4.28. The fourth-order valence-electron chi connectivity index (χ4n) is 4.07. The standard InChI is InChI=1S/C27H22ClN5O4S/c1-37-18-6-10-24(30-14-18)32-26(35)23-9-7-19(38-23)15-33-22(13-17-4-2-3-11-29-17)25(34)31-21-12-16(28)5-8-20(21)27(33)36/h2-12,14,22H,13,15H2,1H3,(H,31,34)(H,30,32,35)/t22-/m1/s1. The van der Waals surface area contributed by atoms with E-state index in [4.69, 9.17) is 16.3 Å². The number of hydrogen-bond acceptors (Lipinski definition) is 7. The Morgan fingerprint density at radius 2 is 2.00 bits per heavy atom. The molecule has 0 aliphatic carbocycles. The van der Waals surface area contributed by atoms with Gasteiger partial charge in [-0.15, -0.1) is 11.3 Å². The number of halogens is 1. The van der Waals surface area contributed by atoms with E-state index in [2.05, 4.69) is 20.6 Å². The number of thiophene rings is 1. The first-order valence-corrected chi connectivity index (χ1v) is 12.8. The van der Waals surface area contributed by atoms with Crippen molar-refractivity contribution in [3.8, 4) is 5.75 Å². The number of carbonyl (C=O) groups is 3. The highest BCUT2D eigenvalue weighted by molar-refractivity contribution is 7.14. The summed E-state index contributed by atoms with van der Waals surface area (Å²) < 4.78 is 5.09. The van der Waals surface area contributed by atoms with Crippen LogP contribution in [0.3, 0.4) is 0 Å². The van der Waals surface area contributed by atoms with E-state index in [1.54, 1.807) is 54.7 Å². The highest BCUT2D eigenvalue weighted by Crippen LogP contribution is 2.30. The second-order valence-electron chi connectivity index (χ2n) is 8.46. The normalized spacial score (nSPS) is 14.9. The van der Waals surface area contributed by atoms with Gasteiger partial charge in [0.2, 0.25) is 5.91 Å². The lowest BCUT2D eigenvalue weighted by Crippen LogP contribution is -2.46. The lowest BCUT2D eigenvalue weighted by molar-refractivity contribution is -0.120. The number of methoxy groups -OCH3 is 1. The molecule has 9 nitrogen and oxygen atoms in total. The summed E-state index contributed by atoms with van der Waals surface area (Å²) >= 11 is 7.37. The number of fused-ring (bicyclic) bond motifs is 1. The summed E-state index contributed by atoms with van der Waals surface area (Å²) in [7, 11) is 1.54. The molecule has 0 saturated heterocycles. The predicted molar refractivity (Wildman–Crippen MR) is 145 cm³/mol. The van der Waals surface area contributed by atoms with Crippen LogP contribution in [0, 0.1) is 0 Å². The molecule has 1 aliphatic rings. The molecule has 0 unspecified atom stereocenters. The van der Waals surface area contributed by atoms with Gasteiger partial charge in [-0.2, -0.15) is 0 Å². The number of anilines is 2. The third-order valence-electron chi connectivity index (χ3n) is 5.96. The Labute approximate surface area is 227 Å². The first-order valence-electron chi connectivity index (χ1n) is 11.6. The number of nitrogens with one attached hydrogen (secondary N) is 2. The molecular weight excluding hydrogens is 526 g/mol. The molecule has 0 bridgehead atoms. The predicted octanol–water partition coefficient (Wildman–Crippen LogP) is 4.66. The lowest BCUT2D eigenvalue weighted by atomic mass is 10.1. The highest BCUT2D eigenvalue weighted by Gasteiger charge is 2.36. The maximum absolute atomic E-state index is 13.7. The van der Waals surface area contributed by atoms with Crippen LogP contribution in [-0.2, 0) is 17.8 Å². The molecule has 3 aromatic heterocycles. The van der Waals surface area contributed by atoms with E-state index in [9.17, 15) is 14.4 Å². The SMILES string of the molecule is COc1ccc(NC(=O)c2ccc(CN3C(=O)c4ccc(Cl)cc4NC(=O)[C@H]3Cc3ccccn3)s2)nc1. The minimum Gasteiger partial charge on any atom is -0.495 e. The number of rotatable bonds is 7. The largest absolute Gasteiger partial charge is 0.495 e. The molecule has 192 valence electrons. The molecule has 11 heteroatoms. The summed E-state index contributed by atoms with van der Waals surface area (Å²) in [4.78, 5) is 51.1. The van der Waals surface area contributed by atoms with Crippen molar-refractivity contribution in [2.24, 2.45) is 0 Å². The number of carbonyl (C=O) groups excluding carboxylic acids is 3. The Morgan fingerprint density at radius 1 is 1.13 bits per heavy atom. The molecular formula is C27H22ClN5O4S. The Balaban J connectivity index is 1.41. The molecule has 0 fully saturated rings. The smallest absolute Gasteiger partial charge is 0.266 e. The van der Waals surface area contributed by atoms with Crippen LogP contribution < -0.4 is 15.4 Å². The molecule has 38 heavy (non-hydrogen) atoms. The van der Waals surface area contributed by atoms with Crippen molar-refractivity contribution in [2.75, 3.05) is 17.7 Å². The van der Waals surface area contributed by atoms with Gasteiger partial charge in [-0.25, -0.2) is 4.98 Å². The zero-order valence-electron chi connectivity index (χ0n) is 20.2. The molecule has 0 radical (unpaired) electrons. The number of ether oxygens (including phenoxy) is 1. The van der Waals surface area contributed by atoms with Gasteiger partial charge < -0.3 is 20.3 Å². The van der Waals surface area contributed by atoms with Crippen molar-refractivity contribution in [3.63, 3.8) is 0 Å². The van der Waals surface area contributed by atoms with Gasteiger partial charge in [0.15, 0.2) is 0 Å². The fraction of sp³-hybridized carbons (Fsp3) is 0.148. The number of aromatic nitrogens is 2. The van der Waals surface area contributed by atoms with Crippen LogP contribution >= 0.6 is 22.9 Å². The maximum Gasteiger partial charge on any atom is 0.266 e. The van der Waals surface area contributed by atoms with Crippen LogP contribution in [0.5, 0.6) is 5.75 Å². The second-order valence-corrected chi connectivity index (χ2v) is 10.1. The molecule has 0 saturated carbocycles. The summed E-state index contributed by atoms with van der Waals surface area (Å²) in [6.07, 6.45) is 3.38. The quantitative estimate of drug-likeness (QED) is 0.348. The molecule has 1 atom stereocenters. The molecule has 2 N–H and O–H groups in total. The van der Waals surface area contributed by atoms with Gasteiger partial charge in [0.25, 0.3) is 11.8 Å². The van der Waals surface area contributed by atoms with Crippen LogP contribution in [0.25, 0.3) is 0 Å². The Kier molecular flexibility index (Phi) is 7.34. The van der Waals surface area contributed by atoms with Crippen molar-refractivity contribution in [1.82, 2.24) is 14.9 Å². The minimum absolute atomic E-state index is 0.130. The number of benzene rings is 1. The number of hydrogen-bond donors (Lipinski definition) is 2. The molecule has 1 aromatic carbocycles. The first kappa shape index (κ1) is 25.4. The zero-order chi connectivity index (χ0) is 26.6. The van der Waals surface area contributed by atoms with Crippen LogP contribution in [-0.4, -0.2) is 45.7 Å². The zero-order valence-corrected chi connectivity index (χ0v) is 21.8. The van der Waals surface area contributed by atoms with Crippen molar-refractivity contribution >= 4 is 52.2 Å². The van der Waals surface area contributed by atoms with Crippen molar-refractivity contribution in [3.05, 3.63) is 99.1 Å². The van der Waals surface area contributed by atoms with Crippen molar-refractivity contribution < 1.29 is 19.1 Å². The van der Waals surface area contributed by atoms with E-state index >= 15 is 0 Å². The average molecular weight is 548 g/mol. The van der Waals surface area contributed by atoms with E-state index in [-0.39, 0.29) is 30.7 Å². The van der Waals surface area contributed by atoms with Gasteiger partial charge in [-0.3, -0.25) is 19.4 Å². The van der Waals surface area contributed by atoms with Crippen LogP contribution in [0.4, 0.5) is 11.5 Å². The Bertz CT molecular complexity index is 1490. The number of pyridine rings is 2. The maximum atomic E-state index is 13.7. The summed E-state index contributed by atoms with van der Waals surface area (Å²) in [5, 5.41) is 6.01. The summed E-state index contributed by atoms with van der Waals surface area (Å²) in [6.45, 7) is 0.130. The molecule has 0 spiro atoms. The Morgan fingerprint density at radius 3 is 2.74 bits per heavy atom. The number of nitrogens with zero attached hydrogens (tertiary/aromatic N) is 3. The second kappa shape index (κ2) is 11.0. The van der Waals surface area contributed by atoms with E-state index in [1.165, 1.54) is 29.5 Å².